The Morgan fingerprint density at radius 3 is 1.11 bits per heavy atom. The molecule has 0 bridgehead atoms. The molecule has 0 radical (unpaired) electrons. The van der Waals surface area contributed by atoms with Crippen LogP contribution < -0.4 is 0 Å². The summed E-state index contributed by atoms with van der Waals surface area (Å²) in [5.41, 5.74) is 0. The van der Waals surface area contributed by atoms with Gasteiger partial charge in [0.15, 0.2) is 0 Å². The van der Waals surface area contributed by atoms with Crippen molar-refractivity contribution < 1.29 is 0 Å². The molecule has 0 aromatic rings. The third kappa shape index (κ3) is 12.4. The standard InChI is InChI=1S/C25H50N2/c1-4-6-8-10-12-13-14-15-16-18-20-22-27-24-23-26(25(27)3)21-19-17-11-9-7-5-2/h23-25H,4-22H2,1-3H3. The van der Waals surface area contributed by atoms with Gasteiger partial charge in [0, 0.05) is 25.5 Å². The molecule has 1 unspecified atom stereocenters. The maximum absolute atomic E-state index is 2.55. The molecule has 27 heavy (non-hydrogen) atoms. The molecule has 0 amide bonds. The van der Waals surface area contributed by atoms with Gasteiger partial charge in [-0.15, -0.1) is 0 Å². The molecule has 0 aromatic carbocycles. The minimum absolute atomic E-state index is 0.573. The smallest absolute Gasteiger partial charge is 0.0977 e. The highest BCUT2D eigenvalue weighted by Crippen LogP contribution is 2.18. The third-order valence-corrected chi connectivity index (χ3v) is 6.20. The predicted octanol–water partition coefficient (Wildman–Crippen LogP) is 8.09. The number of unbranched alkanes of at least 4 members (excludes halogenated alkanes) is 15. The largest absolute Gasteiger partial charge is 0.356 e. The summed E-state index contributed by atoms with van der Waals surface area (Å²) in [6.45, 7) is 9.43. The van der Waals surface area contributed by atoms with E-state index in [0.29, 0.717) is 6.17 Å². The molecule has 1 rings (SSSR count). The molecule has 1 heterocycles. The van der Waals surface area contributed by atoms with Crippen LogP contribution in [0.25, 0.3) is 0 Å². The Hall–Kier alpha value is -0.660. The quantitative estimate of drug-likeness (QED) is 0.209. The summed E-state index contributed by atoms with van der Waals surface area (Å²) in [5.74, 6) is 0. The van der Waals surface area contributed by atoms with E-state index in [2.05, 4.69) is 43.0 Å². The molecule has 0 N–H and O–H groups in total. The number of hydrogen-bond acceptors (Lipinski definition) is 2. The van der Waals surface area contributed by atoms with Gasteiger partial charge in [0.25, 0.3) is 0 Å². The summed E-state index contributed by atoms with van der Waals surface area (Å²) in [6, 6.07) is 0. The highest BCUT2D eigenvalue weighted by molar-refractivity contribution is 4.95. The van der Waals surface area contributed by atoms with Crippen LogP contribution in [-0.4, -0.2) is 29.1 Å². The van der Waals surface area contributed by atoms with Crippen molar-refractivity contribution in [2.45, 2.75) is 136 Å². The minimum atomic E-state index is 0.573. The van der Waals surface area contributed by atoms with Crippen molar-refractivity contribution in [3.63, 3.8) is 0 Å². The van der Waals surface area contributed by atoms with Crippen LogP contribution in [0.15, 0.2) is 12.4 Å². The second-order valence-corrected chi connectivity index (χ2v) is 8.71. The summed E-state index contributed by atoms with van der Waals surface area (Å²) in [6.07, 6.45) is 29.3. The first kappa shape index (κ1) is 24.4. The van der Waals surface area contributed by atoms with Crippen molar-refractivity contribution in [1.29, 1.82) is 0 Å². The zero-order valence-corrected chi connectivity index (χ0v) is 19.1. The molecule has 1 aliphatic heterocycles. The summed E-state index contributed by atoms with van der Waals surface area (Å²) >= 11 is 0. The minimum Gasteiger partial charge on any atom is -0.356 e. The van der Waals surface area contributed by atoms with E-state index in [1.54, 1.807) is 0 Å². The highest BCUT2D eigenvalue weighted by Gasteiger charge is 2.20. The second kappa shape index (κ2) is 17.4. The lowest BCUT2D eigenvalue weighted by atomic mass is 10.1. The lowest BCUT2D eigenvalue weighted by Gasteiger charge is -2.30. The molecule has 1 aliphatic rings. The van der Waals surface area contributed by atoms with Gasteiger partial charge < -0.3 is 9.80 Å². The number of hydrogen-bond donors (Lipinski definition) is 0. The van der Waals surface area contributed by atoms with Crippen molar-refractivity contribution in [1.82, 2.24) is 9.80 Å². The number of rotatable bonds is 19. The van der Waals surface area contributed by atoms with Crippen LogP contribution in [0.1, 0.15) is 130 Å². The summed E-state index contributed by atoms with van der Waals surface area (Å²) in [4.78, 5) is 5.09. The molecule has 0 saturated carbocycles. The predicted molar refractivity (Wildman–Crippen MR) is 122 cm³/mol. The average molecular weight is 379 g/mol. The Bertz CT molecular complexity index is 339. The van der Waals surface area contributed by atoms with Crippen LogP contribution in [0.3, 0.4) is 0 Å². The van der Waals surface area contributed by atoms with Gasteiger partial charge in [0.2, 0.25) is 0 Å². The zero-order valence-electron chi connectivity index (χ0n) is 19.1. The molecule has 0 saturated heterocycles. The fourth-order valence-electron chi connectivity index (χ4n) is 4.17. The van der Waals surface area contributed by atoms with Crippen LogP contribution in [-0.2, 0) is 0 Å². The molecule has 2 nitrogen and oxygen atoms in total. The highest BCUT2D eigenvalue weighted by atomic mass is 15.4. The maximum Gasteiger partial charge on any atom is 0.0977 e. The monoisotopic (exact) mass is 378 g/mol. The molecule has 160 valence electrons. The van der Waals surface area contributed by atoms with Crippen molar-refractivity contribution in [3.8, 4) is 0 Å². The summed E-state index contributed by atoms with van der Waals surface area (Å²) in [5, 5.41) is 0. The van der Waals surface area contributed by atoms with Gasteiger partial charge in [-0.3, -0.25) is 0 Å². The van der Waals surface area contributed by atoms with Gasteiger partial charge in [-0.05, 0) is 19.8 Å². The second-order valence-electron chi connectivity index (χ2n) is 8.71. The lowest BCUT2D eigenvalue weighted by molar-refractivity contribution is 0.165. The van der Waals surface area contributed by atoms with Crippen LogP contribution >= 0.6 is 0 Å². The molecule has 0 fully saturated rings. The van der Waals surface area contributed by atoms with Crippen LogP contribution in [0.5, 0.6) is 0 Å². The van der Waals surface area contributed by atoms with Gasteiger partial charge in [0.05, 0.1) is 6.17 Å². The molecule has 0 aliphatic carbocycles. The molecule has 1 atom stereocenters. The molecular formula is C25H50N2. The van der Waals surface area contributed by atoms with E-state index < -0.39 is 0 Å². The first-order chi connectivity index (χ1) is 13.3. The van der Waals surface area contributed by atoms with Gasteiger partial charge >= 0.3 is 0 Å². The van der Waals surface area contributed by atoms with Gasteiger partial charge in [-0.25, -0.2) is 0 Å². The average Bonchev–Trinajstić information content (AvgIpc) is 3.02. The van der Waals surface area contributed by atoms with E-state index in [1.807, 2.05) is 0 Å². The Labute approximate surface area is 171 Å². The Morgan fingerprint density at radius 2 is 0.778 bits per heavy atom. The Kier molecular flexibility index (Phi) is 15.7. The van der Waals surface area contributed by atoms with Gasteiger partial charge in [-0.1, -0.05) is 110 Å². The summed E-state index contributed by atoms with van der Waals surface area (Å²) < 4.78 is 0. The number of nitrogens with zero attached hydrogens (tertiary/aromatic N) is 2. The van der Waals surface area contributed by atoms with E-state index in [-0.39, 0.29) is 0 Å². The van der Waals surface area contributed by atoms with Crippen molar-refractivity contribution in [3.05, 3.63) is 12.4 Å². The molecule has 2 heteroatoms. The third-order valence-electron chi connectivity index (χ3n) is 6.20. The van der Waals surface area contributed by atoms with Crippen molar-refractivity contribution in [2.24, 2.45) is 0 Å². The first-order valence-electron chi connectivity index (χ1n) is 12.5. The summed E-state index contributed by atoms with van der Waals surface area (Å²) in [7, 11) is 0. The van der Waals surface area contributed by atoms with Gasteiger partial charge in [0.1, 0.15) is 0 Å². The topological polar surface area (TPSA) is 6.48 Å². The maximum atomic E-state index is 2.55. The van der Waals surface area contributed by atoms with Crippen LogP contribution in [0.4, 0.5) is 0 Å². The fraction of sp³-hybridized carbons (Fsp3) is 0.920. The fourth-order valence-corrected chi connectivity index (χ4v) is 4.17. The van der Waals surface area contributed by atoms with Crippen molar-refractivity contribution >= 4 is 0 Å². The van der Waals surface area contributed by atoms with E-state index >= 15 is 0 Å². The SMILES string of the molecule is CCCCCCCCCCCCCN1C=CN(CCCCCCCC)C1C. The van der Waals surface area contributed by atoms with E-state index in [0.717, 1.165) is 0 Å². The van der Waals surface area contributed by atoms with E-state index in [9.17, 15) is 0 Å². The first-order valence-corrected chi connectivity index (χ1v) is 12.5. The van der Waals surface area contributed by atoms with Crippen LogP contribution in [0, 0.1) is 0 Å². The lowest BCUT2D eigenvalue weighted by Crippen LogP contribution is -2.36. The molecule has 0 spiro atoms. The van der Waals surface area contributed by atoms with E-state index in [1.165, 1.54) is 122 Å². The Morgan fingerprint density at radius 1 is 0.481 bits per heavy atom. The van der Waals surface area contributed by atoms with E-state index in [4.69, 9.17) is 0 Å². The van der Waals surface area contributed by atoms with Crippen LogP contribution in [0.2, 0.25) is 0 Å². The molecule has 0 aromatic heterocycles. The molecular weight excluding hydrogens is 328 g/mol. The van der Waals surface area contributed by atoms with Crippen molar-refractivity contribution in [2.75, 3.05) is 13.1 Å². The Balaban J connectivity index is 1.91. The normalized spacial score (nSPS) is 16.6. The zero-order chi connectivity index (χ0) is 19.6. The van der Waals surface area contributed by atoms with Gasteiger partial charge in [-0.2, -0.15) is 0 Å².